The molecule has 1 saturated heterocycles. The van der Waals surface area contributed by atoms with Crippen LogP contribution in [0.5, 0.6) is 5.75 Å². The third-order valence-electron chi connectivity index (χ3n) is 5.10. The molecule has 0 spiro atoms. The average Bonchev–Trinajstić information content (AvgIpc) is 3.36. The molecule has 2 amide bonds. The van der Waals surface area contributed by atoms with Crippen LogP contribution < -0.4 is 10.1 Å². The fourth-order valence-corrected chi connectivity index (χ4v) is 3.29. The summed E-state index contributed by atoms with van der Waals surface area (Å²) in [6.45, 7) is 2.22. The number of hydrogen-bond acceptors (Lipinski definition) is 4. The van der Waals surface area contributed by atoms with Gasteiger partial charge >= 0.3 is 6.03 Å². The molecular weight excluding hydrogens is 342 g/mol. The highest BCUT2D eigenvalue weighted by Gasteiger charge is 2.21. The summed E-state index contributed by atoms with van der Waals surface area (Å²) in [6.07, 6.45) is 10.8. The maximum atomic E-state index is 12.2. The van der Waals surface area contributed by atoms with Crippen molar-refractivity contribution in [3.63, 3.8) is 0 Å². The van der Waals surface area contributed by atoms with Crippen molar-refractivity contribution in [3.05, 3.63) is 47.9 Å². The second kappa shape index (κ2) is 8.29. The fraction of sp³-hybridized carbons (Fsp3) is 0.429. The molecule has 2 fully saturated rings. The van der Waals surface area contributed by atoms with Gasteiger partial charge in [0.15, 0.2) is 0 Å². The molecule has 2 aromatic rings. The molecular formula is C21H25N3O3. The highest BCUT2D eigenvalue weighted by Crippen LogP contribution is 2.32. The zero-order chi connectivity index (χ0) is 18.5. The number of aromatic nitrogens is 1. The molecule has 2 heterocycles. The Labute approximate surface area is 159 Å². The first kappa shape index (κ1) is 17.6. The van der Waals surface area contributed by atoms with Gasteiger partial charge in [0.2, 0.25) is 0 Å². The number of piperidine rings is 1. The SMILES string of the molecule is O=C(Nc1cnoc1)N1CCC(=Cc2cccc(OCCC3CC3)c2)CC1. The lowest BCUT2D eigenvalue weighted by molar-refractivity contribution is 0.208. The van der Waals surface area contributed by atoms with Crippen LogP contribution >= 0.6 is 0 Å². The number of ether oxygens (including phenoxy) is 1. The maximum Gasteiger partial charge on any atom is 0.321 e. The van der Waals surface area contributed by atoms with Gasteiger partial charge in [-0.25, -0.2) is 4.79 Å². The predicted molar refractivity (Wildman–Crippen MR) is 104 cm³/mol. The summed E-state index contributed by atoms with van der Waals surface area (Å²) in [5.41, 5.74) is 3.11. The molecule has 1 saturated carbocycles. The third kappa shape index (κ3) is 5.12. The number of carbonyl (C=O) groups excluding carboxylic acids is 1. The second-order valence-electron chi connectivity index (χ2n) is 7.29. The van der Waals surface area contributed by atoms with E-state index in [1.54, 1.807) is 0 Å². The standard InChI is InChI=1S/C21H25N3O3/c25-21(23-19-14-22-27-15-19)24-9-6-17(7-10-24)12-18-2-1-3-20(13-18)26-11-8-16-4-5-16/h1-3,12-16H,4-11H2,(H,23,25). The molecule has 1 aromatic heterocycles. The molecule has 1 N–H and O–H groups in total. The van der Waals surface area contributed by atoms with Crippen molar-refractivity contribution in [2.75, 3.05) is 25.0 Å². The molecule has 1 aliphatic heterocycles. The van der Waals surface area contributed by atoms with Gasteiger partial charge in [-0.1, -0.05) is 41.8 Å². The average molecular weight is 367 g/mol. The lowest BCUT2D eigenvalue weighted by Gasteiger charge is -2.28. The van der Waals surface area contributed by atoms with Gasteiger partial charge in [-0.2, -0.15) is 0 Å². The quantitative estimate of drug-likeness (QED) is 0.812. The van der Waals surface area contributed by atoms with Crippen molar-refractivity contribution in [2.45, 2.75) is 32.1 Å². The Kier molecular flexibility index (Phi) is 5.42. The first-order valence-corrected chi connectivity index (χ1v) is 9.64. The van der Waals surface area contributed by atoms with E-state index in [2.05, 4.69) is 28.7 Å². The number of rotatable bonds is 6. The van der Waals surface area contributed by atoms with E-state index in [4.69, 9.17) is 9.26 Å². The number of amides is 2. The fourth-order valence-electron chi connectivity index (χ4n) is 3.29. The van der Waals surface area contributed by atoms with Crippen molar-refractivity contribution in [2.24, 2.45) is 5.92 Å². The Morgan fingerprint density at radius 2 is 2.19 bits per heavy atom. The van der Waals surface area contributed by atoms with Crippen molar-refractivity contribution in [3.8, 4) is 5.75 Å². The van der Waals surface area contributed by atoms with E-state index < -0.39 is 0 Å². The maximum absolute atomic E-state index is 12.2. The summed E-state index contributed by atoms with van der Waals surface area (Å²) in [4.78, 5) is 14.1. The zero-order valence-electron chi connectivity index (χ0n) is 15.4. The van der Waals surface area contributed by atoms with Crippen LogP contribution in [0.4, 0.5) is 10.5 Å². The van der Waals surface area contributed by atoms with Crippen molar-refractivity contribution in [1.82, 2.24) is 10.1 Å². The number of anilines is 1. The molecule has 1 aromatic carbocycles. The van der Waals surface area contributed by atoms with E-state index in [1.807, 2.05) is 17.0 Å². The summed E-state index contributed by atoms with van der Waals surface area (Å²) in [5.74, 6) is 1.83. The van der Waals surface area contributed by atoms with E-state index in [0.29, 0.717) is 18.8 Å². The normalized spacial score (nSPS) is 16.9. The minimum absolute atomic E-state index is 0.108. The van der Waals surface area contributed by atoms with Crippen LogP contribution in [0.2, 0.25) is 0 Å². The molecule has 1 aliphatic carbocycles. The van der Waals surface area contributed by atoms with Gasteiger partial charge < -0.3 is 19.5 Å². The monoisotopic (exact) mass is 367 g/mol. The van der Waals surface area contributed by atoms with Crippen LogP contribution in [-0.2, 0) is 0 Å². The third-order valence-corrected chi connectivity index (χ3v) is 5.10. The smallest absolute Gasteiger partial charge is 0.321 e. The van der Waals surface area contributed by atoms with E-state index >= 15 is 0 Å². The van der Waals surface area contributed by atoms with Crippen LogP contribution in [0, 0.1) is 5.92 Å². The number of nitrogens with zero attached hydrogens (tertiary/aromatic N) is 2. The van der Waals surface area contributed by atoms with Crippen LogP contribution in [0.1, 0.15) is 37.7 Å². The van der Waals surface area contributed by atoms with Gasteiger partial charge in [0.25, 0.3) is 0 Å². The van der Waals surface area contributed by atoms with Crippen LogP contribution in [-0.4, -0.2) is 35.8 Å². The van der Waals surface area contributed by atoms with Gasteiger partial charge in [-0.05, 0) is 42.9 Å². The second-order valence-corrected chi connectivity index (χ2v) is 7.29. The van der Waals surface area contributed by atoms with Gasteiger partial charge in [0.1, 0.15) is 17.7 Å². The summed E-state index contributed by atoms with van der Waals surface area (Å²) >= 11 is 0. The summed E-state index contributed by atoms with van der Waals surface area (Å²) < 4.78 is 10.6. The number of likely N-dealkylation sites (tertiary alicyclic amines) is 1. The Morgan fingerprint density at radius 1 is 1.33 bits per heavy atom. The van der Waals surface area contributed by atoms with E-state index in [1.165, 1.54) is 30.9 Å². The molecule has 4 rings (SSSR count). The highest BCUT2D eigenvalue weighted by molar-refractivity contribution is 5.89. The summed E-state index contributed by atoms with van der Waals surface area (Å²) in [6, 6.07) is 8.16. The van der Waals surface area contributed by atoms with Gasteiger partial charge in [-0.3, -0.25) is 0 Å². The first-order chi connectivity index (χ1) is 13.3. The highest BCUT2D eigenvalue weighted by atomic mass is 16.5. The molecule has 0 radical (unpaired) electrons. The molecule has 6 nitrogen and oxygen atoms in total. The zero-order valence-corrected chi connectivity index (χ0v) is 15.4. The minimum atomic E-state index is -0.108. The number of carbonyl (C=O) groups is 1. The van der Waals surface area contributed by atoms with Crippen molar-refractivity contribution < 1.29 is 14.1 Å². The van der Waals surface area contributed by atoms with Crippen LogP contribution in [0.15, 0.2) is 46.8 Å². The van der Waals surface area contributed by atoms with Crippen LogP contribution in [0.25, 0.3) is 6.08 Å². The summed E-state index contributed by atoms with van der Waals surface area (Å²) in [5, 5.41) is 6.38. The Hall–Kier alpha value is -2.76. The molecule has 0 bridgehead atoms. The number of hydrogen-bond donors (Lipinski definition) is 1. The minimum Gasteiger partial charge on any atom is -0.494 e. The van der Waals surface area contributed by atoms with Crippen molar-refractivity contribution >= 4 is 17.8 Å². The molecule has 142 valence electrons. The Balaban J connectivity index is 1.28. The lowest BCUT2D eigenvalue weighted by Crippen LogP contribution is -2.39. The molecule has 27 heavy (non-hydrogen) atoms. The molecule has 2 aliphatic rings. The lowest BCUT2D eigenvalue weighted by atomic mass is 10.0. The number of nitrogens with one attached hydrogen (secondary N) is 1. The van der Waals surface area contributed by atoms with Crippen LogP contribution in [0.3, 0.4) is 0 Å². The van der Waals surface area contributed by atoms with E-state index in [9.17, 15) is 4.79 Å². The Morgan fingerprint density at radius 3 is 2.93 bits per heavy atom. The number of urea groups is 1. The molecule has 0 atom stereocenters. The van der Waals surface area contributed by atoms with Gasteiger partial charge in [0, 0.05) is 13.1 Å². The molecule has 6 heteroatoms. The van der Waals surface area contributed by atoms with E-state index in [-0.39, 0.29) is 6.03 Å². The van der Waals surface area contributed by atoms with Gasteiger partial charge in [0.05, 0.1) is 12.8 Å². The largest absolute Gasteiger partial charge is 0.494 e. The predicted octanol–water partition coefficient (Wildman–Crippen LogP) is 4.56. The van der Waals surface area contributed by atoms with Gasteiger partial charge in [-0.15, -0.1) is 0 Å². The molecule has 0 unspecified atom stereocenters. The first-order valence-electron chi connectivity index (χ1n) is 9.64. The van der Waals surface area contributed by atoms with E-state index in [0.717, 1.165) is 43.1 Å². The summed E-state index contributed by atoms with van der Waals surface area (Å²) in [7, 11) is 0. The Bertz CT molecular complexity index is 787. The number of benzene rings is 1. The van der Waals surface area contributed by atoms with Crippen molar-refractivity contribution in [1.29, 1.82) is 0 Å². The topological polar surface area (TPSA) is 67.6 Å².